The number of nitrogens with zero attached hydrogens (tertiary/aromatic N) is 2. The maximum atomic E-state index is 13.5. The monoisotopic (exact) mass is 373 g/mol. The fourth-order valence-electron chi connectivity index (χ4n) is 2.26. The second kappa shape index (κ2) is 7.38. The number of hydrogen-bond acceptors (Lipinski definition) is 2. The Morgan fingerprint density at radius 1 is 1.43 bits per heavy atom. The van der Waals surface area contributed by atoms with Gasteiger partial charge in [-0.25, -0.2) is 4.39 Å². The molecule has 0 aliphatic rings. The molecule has 2 rings (SSSR count). The quantitative estimate of drug-likeness (QED) is 0.804. The van der Waals surface area contributed by atoms with Crippen molar-refractivity contribution in [3.63, 3.8) is 0 Å². The Labute approximate surface area is 137 Å². The molecule has 0 spiro atoms. The topological polar surface area (TPSA) is 29.9 Å². The van der Waals surface area contributed by atoms with E-state index in [1.807, 2.05) is 11.6 Å². The summed E-state index contributed by atoms with van der Waals surface area (Å²) in [6.45, 7) is 5.69. The van der Waals surface area contributed by atoms with Crippen molar-refractivity contribution >= 4 is 27.5 Å². The molecule has 0 saturated carbocycles. The van der Waals surface area contributed by atoms with Gasteiger partial charge in [0.1, 0.15) is 5.82 Å². The van der Waals surface area contributed by atoms with Crippen LogP contribution in [0.1, 0.15) is 37.6 Å². The fraction of sp³-hybridized carbons (Fsp3) is 0.400. The number of aryl methyl sites for hydroxylation is 1. The molecular formula is C15H18BrClFN3. The van der Waals surface area contributed by atoms with Crippen LogP contribution in [0.3, 0.4) is 0 Å². The number of benzene rings is 1. The largest absolute Gasteiger partial charge is 0.305 e. The minimum absolute atomic E-state index is 0.114. The van der Waals surface area contributed by atoms with Crippen LogP contribution in [0.5, 0.6) is 0 Å². The first kappa shape index (κ1) is 16.5. The van der Waals surface area contributed by atoms with E-state index in [4.69, 9.17) is 11.6 Å². The smallest absolute Gasteiger partial charge is 0.137 e. The molecule has 0 aliphatic carbocycles. The van der Waals surface area contributed by atoms with Crippen LogP contribution in [0.15, 0.2) is 28.9 Å². The lowest BCUT2D eigenvalue weighted by Gasteiger charge is -2.21. The van der Waals surface area contributed by atoms with Crippen LogP contribution in [0.25, 0.3) is 0 Å². The van der Waals surface area contributed by atoms with Crippen LogP contribution < -0.4 is 5.32 Å². The van der Waals surface area contributed by atoms with Gasteiger partial charge in [0.15, 0.2) is 0 Å². The summed E-state index contributed by atoms with van der Waals surface area (Å²) in [5, 5.41) is 8.37. The van der Waals surface area contributed by atoms with E-state index >= 15 is 0 Å². The van der Waals surface area contributed by atoms with Gasteiger partial charge in [0, 0.05) is 6.54 Å². The Morgan fingerprint density at radius 2 is 2.19 bits per heavy atom. The van der Waals surface area contributed by atoms with Gasteiger partial charge in [-0.3, -0.25) is 4.68 Å². The lowest BCUT2D eigenvalue weighted by atomic mass is 10.0. The molecule has 21 heavy (non-hydrogen) atoms. The molecule has 1 aromatic heterocycles. The zero-order valence-electron chi connectivity index (χ0n) is 12.0. The molecule has 0 bridgehead atoms. The highest BCUT2D eigenvalue weighted by atomic mass is 79.9. The molecule has 2 aromatic rings. The van der Waals surface area contributed by atoms with Crippen LogP contribution in [0.4, 0.5) is 4.39 Å². The maximum Gasteiger partial charge on any atom is 0.137 e. The summed E-state index contributed by atoms with van der Waals surface area (Å²) in [5.41, 5.74) is 1.86. The van der Waals surface area contributed by atoms with Crippen molar-refractivity contribution in [3.8, 4) is 0 Å². The van der Waals surface area contributed by atoms with Crippen molar-refractivity contribution < 1.29 is 4.39 Å². The third-order valence-electron chi connectivity index (χ3n) is 3.28. The number of rotatable bonds is 6. The minimum Gasteiger partial charge on any atom is -0.305 e. The first-order chi connectivity index (χ1) is 10.1. The molecule has 0 aliphatic heterocycles. The standard InChI is InChI=1S/C15H18BrClFN3/c1-3-7-19-14(10-5-6-13(18)11(16)8-10)15-12(17)9-20-21(15)4-2/h5-6,8-9,14,19H,3-4,7H2,1-2H3. The van der Waals surface area contributed by atoms with Gasteiger partial charge in [-0.05, 0) is 53.5 Å². The zero-order chi connectivity index (χ0) is 15.4. The van der Waals surface area contributed by atoms with Crippen LogP contribution in [-0.4, -0.2) is 16.3 Å². The first-order valence-corrected chi connectivity index (χ1v) is 8.15. The molecule has 1 heterocycles. The SMILES string of the molecule is CCCNC(c1ccc(F)c(Br)c1)c1c(Cl)cnn1CC. The Bertz CT molecular complexity index is 615. The lowest BCUT2D eigenvalue weighted by Crippen LogP contribution is -2.26. The molecule has 1 aromatic carbocycles. The Kier molecular flexibility index (Phi) is 5.79. The molecule has 0 amide bonds. The van der Waals surface area contributed by atoms with E-state index < -0.39 is 0 Å². The predicted molar refractivity (Wildman–Crippen MR) is 87.1 cm³/mol. The van der Waals surface area contributed by atoms with Crippen LogP contribution in [0, 0.1) is 5.82 Å². The zero-order valence-corrected chi connectivity index (χ0v) is 14.4. The van der Waals surface area contributed by atoms with E-state index in [0.29, 0.717) is 9.50 Å². The molecule has 0 fully saturated rings. The third kappa shape index (κ3) is 3.65. The second-order valence-electron chi connectivity index (χ2n) is 4.75. The summed E-state index contributed by atoms with van der Waals surface area (Å²) in [6.07, 6.45) is 2.65. The molecule has 1 unspecified atom stereocenters. The first-order valence-electron chi connectivity index (χ1n) is 6.98. The predicted octanol–water partition coefficient (Wildman–Crippen LogP) is 4.55. The van der Waals surface area contributed by atoms with Gasteiger partial charge >= 0.3 is 0 Å². The molecule has 6 heteroatoms. The average molecular weight is 375 g/mol. The van der Waals surface area contributed by atoms with Gasteiger partial charge in [0.2, 0.25) is 0 Å². The van der Waals surface area contributed by atoms with Gasteiger partial charge in [-0.2, -0.15) is 5.10 Å². The fourth-order valence-corrected chi connectivity index (χ4v) is 2.91. The average Bonchev–Trinajstić information content (AvgIpc) is 2.84. The lowest BCUT2D eigenvalue weighted by molar-refractivity contribution is 0.528. The molecule has 1 N–H and O–H groups in total. The summed E-state index contributed by atoms with van der Waals surface area (Å²) in [4.78, 5) is 0. The van der Waals surface area contributed by atoms with Gasteiger partial charge in [0.05, 0.1) is 27.4 Å². The molecule has 3 nitrogen and oxygen atoms in total. The number of hydrogen-bond donors (Lipinski definition) is 1. The van der Waals surface area contributed by atoms with E-state index in [-0.39, 0.29) is 11.9 Å². The van der Waals surface area contributed by atoms with Crippen molar-refractivity contribution in [2.45, 2.75) is 32.9 Å². The highest BCUT2D eigenvalue weighted by Crippen LogP contribution is 2.30. The van der Waals surface area contributed by atoms with E-state index in [0.717, 1.165) is 30.8 Å². The molecule has 1 atom stereocenters. The van der Waals surface area contributed by atoms with Gasteiger partial charge in [0.25, 0.3) is 0 Å². The van der Waals surface area contributed by atoms with E-state index in [1.54, 1.807) is 18.3 Å². The van der Waals surface area contributed by atoms with E-state index in [9.17, 15) is 4.39 Å². The van der Waals surface area contributed by atoms with E-state index in [2.05, 4.69) is 33.3 Å². The van der Waals surface area contributed by atoms with Gasteiger partial charge in [-0.15, -0.1) is 0 Å². The number of halogens is 3. The summed E-state index contributed by atoms with van der Waals surface area (Å²) in [5.74, 6) is -0.275. The van der Waals surface area contributed by atoms with Crippen molar-refractivity contribution in [3.05, 3.63) is 51.0 Å². The van der Waals surface area contributed by atoms with Crippen LogP contribution in [0.2, 0.25) is 5.02 Å². The Hall–Kier alpha value is -0.910. The van der Waals surface area contributed by atoms with Crippen molar-refractivity contribution in [1.29, 1.82) is 0 Å². The third-order valence-corrected chi connectivity index (χ3v) is 4.18. The van der Waals surface area contributed by atoms with Crippen molar-refractivity contribution in [2.24, 2.45) is 0 Å². The van der Waals surface area contributed by atoms with Crippen LogP contribution >= 0.6 is 27.5 Å². The summed E-state index contributed by atoms with van der Waals surface area (Å²) in [7, 11) is 0. The number of nitrogens with one attached hydrogen (secondary N) is 1. The Morgan fingerprint density at radius 3 is 2.81 bits per heavy atom. The minimum atomic E-state index is -0.275. The summed E-state index contributed by atoms with van der Waals surface area (Å²) < 4.78 is 15.8. The molecular weight excluding hydrogens is 357 g/mol. The van der Waals surface area contributed by atoms with Crippen molar-refractivity contribution in [2.75, 3.05) is 6.54 Å². The Balaban J connectivity index is 2.46. The van der Waals surface area contributed by atoms with E-state index in [1.165, 1.54) is 6.07 Å². The molecule has 114 valence electrons. The van der Waals surface area contributed by atoms with Gasteiger partial charge in [-0.1, -0.05) is 24.6 Å². The molecule has 0 radical (unpaired) electrons. The highest BCUT2D eigenvalue weighted by molar-refractivity contribution is 9.10. The van der Waals surface area contributed by atoms with Gasteiger partial charge < -0.3 is 5.32 Å². The second-order valence-corrected chi connectivity index (χ2v) is 6.02. The molecule has 0 saturated heterocycles. The van der Waals surface area contributed by atoms with Crippen molar-refractivity contribution in [1.82, 2.24) is 15.1 Å². The summed E-state index contributed by atoms with van der Waals surface area (Å²) >= 11 is 9.55. The van der Waals surface area contributed by atoms with Crippen LogP contribution in [-0.2, 0) is 6.54 Å². The number of aromatic nitrogens is 2. The maximum absolute atomic E-state index is 13.5. The summed E-state index contributed by atoms with van der Waals surface area (Å²) in [6, 6.07) is 4.90. The highest BCUT2D eigenvalue weighted by Gasteiger charge is 2.22. The normalized spacial score (nSPS) is 12.6.